The van der Waals surface area contributed by atoms with Gasteiger partial charge >= 0.3 is 6.18 Å². The summed E-state index contributed by atoms with van der Waals surface area (Å²) >= 11 is 0. The zero-order valence-electron chi connectivity index (χ0n) is 15.9. The number of halogens is 3. The molecule has 0 bridgehead atoms. The standard InChI is InChI=1S/C20H24F3N3O2/c1-13(2)14-5-7-16(8-6-14)28-12-19(27)24-9-10-26-17(15-3-4-15)11-18(25-26)20(21,22)23/h5-8,11,13,15H,3-4,9-10,12H2,1-2H3,(H,24,27). The number of alkyl halides is 3. The summed E-state index contributed by atoms with van der Waals surface area (Å²) in [4.78, 5) is 11.9. The number of hydrogen-bond acceptors (Lipinski definition) is 3. The van der Waals surface area contributed by atoms with Gasteiger partial charge in [0.15, 0.2) is 12.3 Å². The minimum Gasteiger partial charge on any atom is -0.484 e. The summed E-state index contributed by atoms with van der Waals surface area (Å²) in [5, 5.41) is 6.32. The topological polar surface area (TPSA) is 56.1 Å². The summed E-state index contributed by atoms with van der Waals surface area (Å²) in [5.41, 5.74) is 0.887. The number of amides is 1. The van der Waals surface area contributed by atoms with Gasteiger partial charge in [-0.25, -0.2) is 0 Å². The number of rotatable bonds is 8. The number of aromatic nitrogens is 2. The van der Waals surface area contributed by atoms with Crippen LogP contribution >= 0.6 is 0 Å². The molecule has 2 aromatic rings. The van der Waals surface area contributed by atoms with Gasteiger partial charge in [0.1, 0.15) is 5.75 Å². The molecular weight excluding hydrogens is 371 g/mol. The van der Waals surface area contributed by atoms with Crippen molar-refractivity contribution in [2.45, 2.75) is 51.2 Å². The molecule has 1 aliphatic rings. The molecule has 0 radical (unpaired) electrons. The Morgan fingerprint density at radius 1 is 1.29 bits per heavy atom. The number of benzene rings is 1. The minimum absolute atomic E-state index is 0.136. The van der Waals surface area contributed by atoms with E-state index in [1.807, 2.05) is 24.3 Å². The Labute approximate surface area is 161 Å². The van der Waals surface area contributed by atoms with Crippen LogP contribution in [0.2, 0.25) is 0 Å². The van der Waals surface area contributed by atoms with Crippen molar-refractivity contribution in [1.29, 1.82) is 0 Å². The van der Waals surface area contributed by atoms with Crippen molar-refractivity contribution in [3.8, 4) is 5.75 Å². The molecule has 152 valence electrons. The first-order valence-electron chi connectivity index (χ1n) is 9.38. The van der Waals surface area contributed by atoms with Gasteiger partial charge in [-0.2, -0.15) is 18.3 Å². The van der Waals surface area contributed by atoms with Gasteiger partial charge in [-0.3, -0.25) is 9.48 Å². The molecular formula is C20H24F3N3O2. The molecule has 0 saturated heterocycles. The van der Waals surface area contributed by atoms with E-state index in [1.165, 1.54) is 10.2 Å². The SMILES string of the molecule is CC(C)c1ccc(OCC(=O)NCCn2nc(C(F)(F)F)cc2C2CC2)cc1. The lowest BCUT2D eigenvalue weighted by Crippen LogP contribution is -2.32. The number of carbonyl (C=O) groups is 1. The molecule has 1 aromatic carbocycles. The molecule has 0 unspecified atom stereocenters. The predicted molar refractivity (Wildman–Crippen MR) is 98.2 cm³/mol. The molecule has 1 saturated carbocycles. The molecule has 1 amide bonds. The number of nitrogens with zero attached hydrogens (tertiary/aromatic N) is 2. The first-order chi connectivity index (χ1) is 13.2. The minimum atomic E-state index is -4.46. The number of hydrogen-bond donors (Lipinski definition) is 1. The van der Waals surface area contributed by atoms with E-state index in [0.717, 1.165) is 18.9 Å². The molecule has 1 aliphatic carbocycles. The number of nitrogens with one attached hydrogen (secondary N) is 1. The van der Waals surface area contributed by atoms with E-state index in [9.17, 15) is 18.0 Å². The molecule has 0 atom stereocenters. The first-order valence-corrected chi connectivity index (χ1v) is 9.38. The van der Waals surface area contributed by atoms with Gasteiger partial charge in [-0.15, -0.1) is 0 Å². The highest BCUT2D eigenvalue weighted by atomic mass is 19.4. The van der Waals surface area contributed by atoms with Crippen molar-refractivity contribution >= 4 is 5.91 Å². The first kappa shape index (κ1) is 20.2. The monoisotopic (exact) mass is 395 g/mol. The zero-order valence-corrected chi connectivity index (χ0v) is 15.9. The summed E-state index contributed by atoms with van der Waals surface area (Å²) in [6.45, 7) is 4.41. The Morgan fingerprint density at radius 3 is 2.54 bits per heavy atom. The summed E-state index contributed by atoms with van der Waals surface area (Å²) in [6.07, 6.45) is -2.71. The molecule has 28 heavy (non-hydrogen) atoms. The van der Waals surface area contributed by atoms with Crippen LogP contribution in [0.4, 0.5) is 13.2 Å². The maximum atomic E-state index is 12.9. The molecule has 3 rings (SSSR count). The fourth-order valence-electron chi connectivity index (χ4n) is 2.91. The lowest BCUT2D eigenvalue weighted by Gasteiger charge is -2.10. The smallest absolute Gasteiger partial charge is 0.435 e. The van der Waals surface area contributed by atoms with Crippen LogP contribution in [0, 0.1) is 0 Å². The fraction of sp³-hybridized carbons (Fsp3) is 0.500. The normalized spacial score (nSPS) is 14.4. The van der Waals surface area contributed by atoms with Crippen LogP contribution < -0.4 is 10.1 Å². The Kier molecular flexibility index (Phi) is 5.96. The Balaban J connectivity index is 1.47. The van der Waals surface area contributed by atoms with E-state index < -0.39 is 11.9 Å². The molecule has 1 heterocycles. The van der Waals surface area contributed by atoms with Gasteiger partial charge in [-0.1, -0.05) is 26.0 Å². The van der Waals surface area contributed by atoms with E-state index >= 15 is 0 Å². The second kappa shape index (κ2) is 8.24. The summed E-state index contributed by atoms with van der Waals surface area (Å²) < 4.78 is 45.4. The lowest BCUT2D eigenvalue weighted by atomic mass is 10.0. The molecule has 1 fully saturated rings. The van der Waals surface area contributed by atoms with Crippen LogP contribution in [0.15, 0.2) is 30.3 Å². The molecule has 1 N–H and O–H groups in total. The lowest BCUT2D eigenvalue weighted by molar-refractivity contribution is -0.141. The molecule has 1 aromatic heterocycles. The van der Waals surface area contributed by atoms with Gasteiger partial charge in [0.05, 0.1) is 6.54 Å². The van der Waals surface area contributed by atoms with Crippen molar-refractivity contribution < 1.29 is 22.7 Å². The predicted octanol–water partition coefficient (Wildman–Crippen LogP) is 4.10. The highest BCUT2D eigenvalue weighted by molar-refractivity contribution is 5.77. The maximum absolute atomic E-state index is 12.9. The summed E-state index contributed by atoms with van der Waals surface area (Å²) in [5.74, 6) is 0.816. The summed E-state index contributed by atoms with van der Waals surface area (Å²) in [6, 6.07) is 8.64. The fourth-order valence-corrected chi connectivity index (χ4v) is 2.91. The average molecular weight is 395 g/mol. The Bertz CT molecular complexity index is 809. The Hall–Kier alpha value is -2.51. The quantitative estimate of drug-likeness (QED) is 0.732. The van der Waals surface area contributed by atoms with E-state index in [4.69, 9.17) is 4.74 Å². The van der Waals surface area contributed by atoms with Gasteiger partial charge < -0.3 is 10.1 Å². The highest BCUT2D eigenvalue weighted by Crippen LogP contribution is 2.42. The van der Waals surface area contributed by atoms with Crippen LogP contribution in [0.3, 0.4) is 0 Å². The third-order valence-corrected chi connectivity index (χ3v) is 4.66. The molecule has 8 heteroatoms. The van der Waals surface area contributed by atoms with E-state index in [2.05, 4.69) is 24.3 Å². The molecule has 0 spiro atoms. The second-order valence-corrected chi connectivity index (χ2v) is 7.31. The van der Waals surface area contributed by atoms with Crippen LogP contribution in [-0.4, -0.2) is 28.8 Å². The van der Waals surface area contributed by atoms with E-state index in [-0.39, 0.29) is 31.5 Å². The van der Waals surface area contributed by atoms with Crippen molar-refractivity contribution in [3.63, 3.8) is 0 Å². The van der Waals surface area contributed by atoms with Crippen molar-refractivity contribution in [1.82, 2.24) is 15.1 Å². The second-order valence-electron chi connectivity index (χ2n) is 7.31. The molecule has 0 aliphatic heterocycles. The van der Waals surface area contributed by atoms with Gasteiger partial charge in [0.2, 0.25) is 0 Å². The van der Waals surface area contributed by atoms with Crippen molar-refractivity contribution in [3.05, 3.63) is 47.3 Å². The third-order valence-electron chi connectivity index (χ3n) is 4.66. The third kappa shape index (κ3) is 5.27. The van der Waals surface area contributed by atoms with Crippen LogP contribution in [0.1, 0.15) is 55.5 Å². The summed E-state index contributed by atoms with van der Waals surface area (Å²) in [7, 11) is 0. The maximum Gasteiger partial charge on any atom is 0.435 e. The van der Waals surface area contributed by atoms with Crippen LogP contribution in [0.25, 0.3) is 0 Å². The Morgan fingerprint density at radius 2 is 1.96 bits per heavy atom. The van der Waals surface area contributed by atoms with Gasteiger partial charge in [-0.05, 0) is 42.5 Å². The average Bonchev–Trinajstić information content (AvgIpc) is 3.39. The van der Waals surface area contributed by atoms with E-state index in [1.54, 1.807) is 0 Å². The van der Waals surface area contributed by atoms with Gasteiger partial charge in [0, 0.05) is 18.2 Å². The highest BCUT2D eigenvalue weighted by Gasteiger charge is 2.37. The largest absolute Gasteiger partial charge is 0.484 e. The van der Waals surface area contributed by atoms with Gasteiger partial charge in [0.25, 0.3) is 5.91 Å². The van der Waals surface area contributed by atoms with Crippen molar-refractivity contribution in [2.24, 2.45) is 0 Å². The number of ether oxygens (including phenoxy) is 1. The number of carbonyl (C=O) groups excluding carboxylic acids is 1. The van der Waals surface area contributed by atoms with Crippen molar-refractivity contribution in [2.75, 3.05) is 13.2 Å². The van der Waals surface area contributed by atoms with E-state index in [0.29, 0.717) is 17.4 Å². The van der Waals surface area contributed by atoms with Crippen LogP contribution in [-0.2, 0) is 17.5 Å². The molecule has 5 nitrogen and oxygen atoms in total. The zero-order chi connectivity index (χ0) is 20.3. The van der Waals surface area contributed by atoms with Crippen LogP contribution in [0.5, 0.6) is 5.75 Å².